The molecule has 154 valence electrons. The van der Waals surface area contributed by atoms with Crippen LogP contribution in [-0.2, 0) is 4.79 Å². The van der Waals surface area contributed by atoms with Crippen LogP contribution in [0.3, 0.4) is 0 Å². The van der Waals surface area contributed by atoms with E-state index in [1.54, 1.807) is 23.1 Å². The molecule has 7 heteroatoms. The molecule has 0 aliphatic carbocycles. The van der Waals surface area contributed by atoms with E-state index in [9.17, 15) is 9.59 Å². The topological polar surface area (TPSA) is 67.7 Å². The molecular weight excluding hydrogens is 400 g/mol. The fourth-order valence-electron chi connectivity index (χ4n) is 4.11. The van der Waals surface area contributed by atoms with E-state index >= 15 is 0 Å². The van der Waals surface area contributed by atoms with Gasteiger partial charge in [0.1, 0.15) is 0 Å². The van der Waals surface area contributed by atoms with E-state index in [0.717, 1.165) is 25.1 Å². The van der Waals surface area contributed by atoms with Gasteiger partial charge in [-0.15, -0.1) is 0 Å². The van der Waals surface area contributed by atoms with Crippen LogP contribution in [0.25, 0.3) is 0 Å². The highest BCUT2D eigenvalue weighted by Gasteiger charge is 2.28. The van der Waals surface area contributed by atoms with E-state index in [1.165, 1.54) is 0 Å². The molecule has 4 rings (SSSR count). The number of nitriles is 1. The first-order valence-electron chi connectivity index (χ1n) is 10.2. The molecule has 0 spiro atoms. The molecule has 2 aromatic rings. The highest BCUT2D eigenvalue weighted by Crippen LogP contribution is 2.30. The molecule has 2 aliphatic rings. The number of carbonyl (C=O) groups excluding carboxylic acids is 2. The number of carbonyl (C=O) groups is 2. The summed E-state index contributed by atoms with van der Waals surface area (Å²) in [4.78, 5) is 31.4. The van der Waals surface area contributed by atoms with Crippen molar-refractivity contribution >= 4 is 34.8 Å². The molecule has 2 saturated heterocycles. The molecule has 0 radical (unpaired) electrons. The Hall–Kier alpha value is -3.04. The van der Waals surface area contributed by atoms with Gasteiger partial charge in [0.15, 0.2) is 0 Å². The van der Waals surface area contributed by atoms with Crippen molar-refractivity contribution in [3.05, 3.63) is 58.6 Å². The molecule has 2 heterocycles. The standard InChI is InChI=1S/C23H23ClN4O2/c24-18-6-9-20(21(15-18)28-12-1-3-22(28)29)23(30)27-11-2-10-26(13-14-27)19-7-4-17(16-25)5-8-19/h4-9,15H,1-3,10-14H2. The van der Waals surface area contributed by atoms with Gasteiger partial charge in [0, 0.05) is 49.9 Å². The third kappa shape index (κ3) is 4.12. The van der Waals surface area contributed by atoms with Crippen LogP contribution < -0.4 is 9.80 Å². The lowest BCUT2D eigenvalue weighted by molar-refractivity contribution is -0.117. The van der Waals surface area contributed by atoms with E-state index in [0.29, 0.717) is 54.4 Å². The Kier molecular flexibility index (Phi) is 5.91. The van der Waals surface area contributed by atoms with Crippen LogP contribution in [0.4, 0.5) is 11.4 Å². The smallest absolute Gasteiger partial charge is 0.256 e. The molecule has 2 fully saturated rings. The first-order valence-corrected chi connectivity index (χ1v) is 10.6. The van der Waals surface area contributed by atoms with Crippen molar-refractivity contribution in [3.8, 4) is 6.07 Å². The van der Waals surface area contributed by atoms with Crippen molar-refractivity contribution in [1.29, 1.82) is 5.26 Å². The highest BCUT2D eigenvalue weighted by atomic mass is 35.5. The summed E-state index contributed by atoms with van der Waals surface area (Å²) in [7, 11) is 0. The quantitative estimate of drug-likeness (QED) is 0.756. The molecule has 0 aromatic heterocycles. The third-order valence-corrected chi connectivity index (χ3v) is 5.93. The van der Waals surface area contributed by atoms with E-state index in [4.69, 9.17) is 16.9 Å². The van der Waals surface area contributed by atoms with Crippen molar-refractivity contribution in [1.82, 2.24) is 4.90 Å². The maximum atomic E-state index is 13.4. The summed E-state index contributed by atoms with van der Waals surface area (Å²) in [5.74, 6) is -0.0304. The van der Waals surface area contributed by atoms with Gasteiger partial charge in [0.05, 0.1) is 22.9 Å². The molecule has 2 aliphatic heterocycles. The SMILES string of the molecule is N#Cc1ccc(N2CCCN(C(=O)c3ccc(Cl)cc3N3CCCC3=O)CC2)cc1. The summed E-state index contributed by atoms with van der Waals surface area (Å²) in [6.07, 6.45) is 2.14. The summed E-state index contributed by atoms with van der Waals surface area (Å²) < 4.78 is 0. The van der Waals surface area contributed by atoms with Crippen molar-refractivity contribution in [3.63, 3.8) is 0 Å². The number of halogens is 1. The monoisotopic (exact) mass is 422 g/mol. The molecule has 2 aromatic carbocycles. The first kappa shape index (κ1) is 20.2. The van der Waals surface area contributed by atoms with Gasteiger partial charge in [-0.1, -0.05) is 11.6 Å². The van der Waals surface area contributed by atoms with E-state index in [2.05, 4.69) is 11.0 Å². The molecule has 2 amide bonds. The van der Waals surface area contributed by atoms with Gasteiger partial charge in [0.2, 0.25) is 5.91 Å². The molecular formula is C23H23ClN4O2. The zero-order valence-corrected chi connectivity index (χ0v) is 17.4. The summed E-state index contributed by atoms with van der Waals surface area (Å²) >= 11 is 6.18. The van der Waals surface area contributed by atoms with Crippen LogP contribution in [0.2, 0.25) is 5.02 Å². The van der Waals surface area contributed by atoms with Crippen molar-refractivity contribution in [2.24, 2.45) is 0 Å². The van der Waals surface area contributed by atoms with Gasteiger partial charge in [-0.3, -0.25) is 9.59 Å². The zero-order valence-electron chi connectivity index (χ0n) is 16.7. The van der Waals surface area contributed by atoms with E-state index in [-0.39, 0.29) is 11.8 Å². The van der Waals surface area contributed by atoms with Crippen LogP contribution in [0.1, 0.15) is 35.2 Å². The zero-order chi connectivity index (χ0) is 21.1. The van der Waals surface area contributed by atoms with Gasteiger partial charge in [-0.2, -0.15) is 5.26 Å². The Morgan fingerprint density at radius 3 is 2.47 bits per heavy atom. The molecule has 0 saturated carbocycles. The second-order valence-electron chi connectivity index (χ2n) is 7.60. The maximum absolute atomic E-state index is 13.4. The fourth-order valence-corrected chi connectivity index (χ4v) is 4.27. The van der Waals surface area contributed by atoms with Crippen molar-refractivity contribution < 1.29 is 9.59 Å². The molecule has 0 N–H and O–H groups in total. The fraction of sp³-hybridized carbons (Fsp3) is 0.348. The second-order valence-corrected chi connectivity index (χ2v) is 8.04. The van der Waals surface area contributed by atoms with Gasteiger partial charge in [-0.25, -0.2) is 0 Å². The maximum Gasteiger partial charge on any atom is 0.256 e. The Balaban J connectivity index is 1.52. The van der Waals surface area contributed by atoms with Crippen LogP contribution in [0.15, 0.2) is 42.5 Å². The van der Waals surface area contributed by atoms with Gasteiger partial charge < -0.3 is 14.7 Å². The summed E-state index contributed by atoms with van der Waals surface area (Å²) in [6, 6.07) is 14.8. The Labute approximate surface area is 181 Å². The number of amides is 2. The van der Waals surface area contributed by atoms with Gasteiger partial charge in [0.25, 0.3) is 5.91 Å². The number of rotatable bonds is 3. The molecule has 30 heavy (non-hydrogen) atoms. The summed E-state index contributed by atoms with van der Waals surface area (Å²) in [5, 5.41) is 9.50. The normalized spacial score (nSPS) is 17.1. The predicted octanol–water partition coefficient (Wildman–Crippen LogP) is 3.69. The average Bonchev–Trinajstić information content (AvgIpc) is 3.04. The summed E-state index contributed by atoms with van der Waals surface area (Å²) in [6.45, 7) is 3.42. The number of anilines is 2. The minimum absolute atomic E-state index is 0.0363. The number of hydrogen-bond acceptors (Lipinski definition) is 4. The lowest BCUT2D eigenvalue weighted by Gasteiger charge is -2.26. The Morgan fingerprint density at radius 2 is 1.77 bits per heavy atom. The minimum atomic E-state index is -0.0666. The first-order chi connectivity index (χ1) is 14.6. The van der Waals surface area contributed by atoms with Crippen LogP contribution in [-0.4, -0.2) is 49.4 Å². The Morgan fingerprint density at radius 1 is 0.967 bits per heavy atom. The molecule has 0 atom stereocenters. The van der Waals surface area contributed by atoms with Crippen LogP contribution in [0, 0.1) is 11.3 Å². The lowest BCUT2D eigenvalue weighted by atomic mass is 10.1. The van der Waals surface area contributed by atoms with Crippen molar-refractivity contribution in [2.75, 3.05) is 42.5 Å². The second kappa shape index (κ2) is 8.76. The van der Waals surface area contributed by atoms with Gasteiger partial charge >= 0.3 is 0 Å². The van der Waals surface area contributed by atoms with Crippen LogP contribution >= 0.6 is 11.6 Å². The highest BCUT2D eigenvalue weighted by molar-refractivity contribution is 6.31. The number of benzene rings is 2. The summed E-state index contributed by atoms with van der Waals surface area (Å²) in [5.41, 5.74) is 2.83. The average molecular weight is 423 g/mol. The molecule has 6 nitrogen and oxygen atoms in total. The van der Waals surface area contributed by atoms with E-state index in [1.807, 2.05) is 29.2 Å². The predicted molar refractivity (Wildman–Crippen MR) is 117 cm³/mol. The number of nitrogens with zero attached hydrogens (tertiary/aromatic N) is 4. The lowest BCUT2D eigenvalue weighted by Crippen LogP contribution is -2.36. The minimum Gasteiger partial charge on any atom is -0.370 e. The number of hydrogen-bond donors (Lipinski definition) is 0. The van der Waals surface area contributed by atoms with Crippen molar-refractivity contribution in [2.45, 2.75) is 19.3 Å². The van der Waals surface area contributed by atoms with E-state index < -0.39 is 0 Å². The largest absolute Gasteiger partial charge is 0.370 e. The third-order valence-electron chi connectivity index (χ3n) is 5.70. The van der Waals surface area contributed by atoms with Gasteiger partial charge in [-0.05, 0) is 55.3 Å². The van der Waals surface area contributed by atoms with Crippen LogP contribution in [0.5, 0.6) is 0 Å². The Bertz CT molecular complexity index is 999. The molecule has 0 unspecified atom stereocenters. The molecule has 0 bridgehead atoms.